The van der Waals surface area contributed by atoms with Gasteiger partial charge in [0.1, 0.15) is 0 Å². The SMILES string of the molecule is CN(C)Cc1cccc(CNC(=O)[C@H]2CCCCN2)c1.Cl.Cl. The second-order valence-electron chi connectivity index (χ2n) is 5.78. The molecule has 2 rings (SSSR count). The van der Waals surface area contributed by atoms with Crippen LogP contribution in [0.1, 0.15) is 30.4 Å². The maximum atomic E-state index is 12.1. The van der Waals surface area contributed by atoms with E-state index in [4.69, 9.17) is 0 Å². The zero-order valence-electron chi connectivity index (χ0n) is 13.3. The van der Waals surface area contributed by atoms with Crippen molar-refractivity contribution in [3.8, 4) is 0 Å². The maximum Gasteiger partial charge on any atom is 0.237 e. The first kappa shape index (κ1) is 21.2. The molecule has 0 aromatic heterocycles. The Labute approximate surface area is 145 Å². The van der Waals surface area contributed by atoms with Crippen LogP contribution in [0.4, 0.5) is 0 Å². The van der Waals surface area contributed by atoms with E-state index in [-0.39, 0.29) is 36.8 Å². The van der Waals surface area contributed by atoms with E-state index in [1.54, 1.807) is 0 Å². The van der Waals surface area contributed by atoms with Crippen molar-refractivity contribution in [2.45, 2.75) is 38.4 Å². The van der Waals surface area contributed by atoms with Crippen LogP contribution >= 0.6 is 24.8 Å². The molecule has 1 amide bonds. The van der Waals surface area contributed by atoms with E-state index < -0.39 is 0 Å². The predicted molar refractivity (Wildman–Crippen MR) is 95.8 cm³/mol. The zero-order valence-corrected chi connectivity index (χ0v) is 14.9. The fraction of sp³-hybridized carbons (Fsp3) is 0.562. The molecule has 1 heterocycles. The van der Waals surface area contributed by atoms with E-state index >= 15 is 0 Å². The Balaban J connectivity index is 0.00000220. The van der Waals surface area contributed by atoms with Crippen LogP contribution in [0.3, 0.4) is 0 Å². The third-order valence-corrected chi connectivity index (χ3v) is 3.58. The second kappa shape index (κ2) is 10.8. The maximum absolute atomic E-state index is 12.1. The number of benzene rings is 1. The molecule has 0 radical (unpaired) electrons. The predicted octanol–water partition coefficient (Wildman–Crippen LogP) is 2.35. The molecule has 0 unspecified atom stereocenters. The molecular weight excluding hydrogens is 321 g/mol. The number of rotatable bonds is 5. The summed E-state index contributed by atoms with van der Waals surface area (Å²) in [5.74, 6) is 0.128. The van der Waals surface area contributed by atoms with E-state index in [1.165, 1.54) is 12.0 Å². The van der Waals surface area contributed by atoms with Gasteiger partial charge in [-0.15, -0.1) is 24.8 Å². The number of piperidine rings is 1. The Bertz CT molecular complexity index is 449. The molecule has 1 fully saturated rings. The van der Waals surface area contributed by atoms with E-state index in [2.05, 4.69) is 53.9 Å². The summed E-state index contributed by atoms with van der Waals surface area (Å²) < 4.78 is 0. The lowest BCUT2D eigenvalue weighted by molar-refractivity contribution is -0.123. The zero-order chi connectivity index (χ0) is 14.4. The van der Waals surface area contributed by atoms with E-state index in [9.17, 15) is 4.79 Å². The first-order valence-electron chi connectivity index (χ1n) is 7.39. The van der Waals surface area contributed by atoms with E-state index in [0.717, 1.165) is 31.5 Å². The average Bonchev–Trinajstić information content (AvgIpc) is 2.45. The highest BCUT2D eigenvalue weighted by Gasteiger charge is 2.19. The van der Waals surface area contributed by atoms with Gasteiger partial charge in [0.25, 0.3) is 0 Å². The van der Waals surface area contributed by atoms with Crippen molar-refractivity contribution >= 4 is 30.7 Å². The summed E-state index contributed by atoms with van der Waals surface area (Å²) in [7, 11) is 4.12. The number of hydrogen-bond acceptors (Lipinski definition) is 3. The molecule has 1 aromatic carbocycles. The van der Waals surface area contributed by atoms with Gasteiger partial charge in [0.15, 0.2) is 0 Å². The number of hydrogen-bond donors (Lipinski definition) is 2. The van der Waals surface area contributed by atoms with Crippen molar-refractivity contribution in [3.63, 3.8) is 0 Å². The van der Waals surface area contributed by atoms with Crippen LogP contribution in [0, 0.1) is 0 Å². The molecule has 2 N–H and O–H groups in total. The average molecular weight is 348 g/mol. The normalized spacial score (nSPS) is 17.3. The molecule has 126 valence electrons. The third kappa shape index (κ3) is 6.97. The van der Waals surface area contributed by atoms with Crippen molar-refractivity contribution in [1.82, 2.24) is 15.5 Å². The minimum absolute atomic E-state index is 0. The molecule has 6 heteroatoms. The standard InChI is InChI=1S/C16H25N3O.2ClH/c1-19(2)12-14-7-5-6-13(10-14)11-18-16(20)15-8-3-4-9-17-15;;/h5-7,10,15,17H,3-4,8-9,11-12H2,1-2H3,(H,18,20);2*1H/t15-;;/m1../s1. The van der Waals surface area contributed by atoms with Crippen LogP contribution in [0.5, 0.6) is 0 Å². The number of carbonyl (C=O) groups is 1. The molecule has 0 saturated carbocycles. The third-order valence-electron chi connectivity index (χ3n) is 3.58. The van der Waals surface area contributed by atoms with Crippen LogP contribution in [0.2, 0.25) is 0 Å². The summed E-state index contributed by atoms with van der Waals surface area (Å²) in [5.41, 5.74) is 2.44. The number of nitrogens with one attached hydrogen (secondary N) is 2. The first-order valence-corrected chi connectivity index (χ1v) is 7.39. The van der Waals surface area contributed by atoms with Crippen LogP contribution in [0.25, 0.3) is 0 Å². The molecular formula is C16H27Cl2N3O. The second-order valence-corrected chi connectivity index (χ2v) is 5.78. The molecule has 0 bridgehead atoms. The van der Waals surface area contributed by atoms with Gasteiger partial charge in [0, 0.05) is 13.1 Å². The van der Waals surface area contributed by atoms with Gasteiger partial charge in [-0.2, -0.15) is 0 Å². The van der Waals surface area contributed by atoms with Gasteiger partial charge in [0.2, 0.25) is 5.91 Å². The summed E-state index contributed by atoms with van der Waals surface area (Å²) in [6.07, 6.45) is 3.27. The fourth-order valence-electron chi connectivity index (χ4n) is 2.59. The molecule has 4 nitrogen and oxygen atoms in total. The summed E-state index contributed by atoms with van der Waals surface area (Å²) in [4.78, 5) is 14.2. The quantitative estimate of drug-likeness (QED) is 0.859. The first-order chi connectivity index (χ1) is 9.65. The minimum atomic E-state index is -0.00583. The van der Waals surface area contributed by atoms with E-state index in [1.807, 2.05) is 0 Å². The fourth-order valence-corrected chi connectivity index (χ4v) is 2.59. The highest BCUT2D eigenvalue weighted by Crippen LogP contribution is 2.09. The lowest BCUT2D eigenvalue weighted by atomic mass is 10.0. The van der Waals surface area contributed by atoms with Gasteiger partial charge in [0.05, 0.1) is 6.04 Å². The summed E-state index contributed by atoms with van der Waals surface area (Å²) >= 11 is 0. The molecule has 1 aromatic rings. The van der Waals surface area contributed by atoms with Crippen LogP contribution in [-0.2, 0) is 17.9 Å². The van der Waals surface area contributed by atoms with Crippen LogP contribution in [0.15, 0.2) is 24.3 Å². The largest absolute Gasteiger partial charge is 0.351 e. The lowest BCUT2D eigenvalue weighted by Gasteiger charge is -2.22. The van der Waals surface area contributed by atoms with E-state index in [0.29, 0.717) is 6.54 Å². The molecule has 1 atom stereocenters. The Morgan fingerprint density at radius 1 is 1.27 bits per heavy atom. The lowest BCUT2D eigenvalue weighted by Crippen LogP contribution is -2.46. The van der Waals surface area contributed by atoms with Crippen molar-refractivity contribution in [1.29, 1.82) is 0 Å². The van der Waals surface area contributed by atoms with Gasteiger partial charge in [-0.25, -0.2) is 0 Å². The Morgan fingerprint density at radius 2 is 2.00 bits per heavy atom. The Morgan fingerprint density at radius 3 is 2.64 bits per heavy atom. The van der Waals surface area contributed by atoms with Crippen molar-refractivity contribution in [2.24, 2.45) is 0 Å². The Kier molecular flexibility index (Phi) is 10.4. The molecule has 22 heavy (non-hydrogen) atoms. The topological polar surface area (TPSA) is 44.4 Å². The van der Waals surface area contributed by atoms with Crippen molar-refractivity contribution < 1.29 is 4.79 Å². The summed E-state index contributed by atoms with van der Waals surface area (Å²) in [5, 5.41) is 6.31. The Hall–Kier alpha value is -0.810. The number of amides is 1. The summed E-state index contributed by atoms with van der Waals surface area (Å²) in [6, 6.07) is 8.39. The minimum Gasteiger partial charge on any atom is -0.351 e. The highest BCUT2D eigenvalue weighted by atomic mass is 35.5. The monoisotopic (exact) mass is 347 g/mol. The molecule has 1 aliphatic rings. The molecule has 1 aliphatic heterocycles. The number of halogens is 2. The molecule has 0 aliphatic carbocycles. The van der Waals surface area contributed by atoms with Gasteiger partial charge >= 0.3 is 0 Å². The van der Waals surface area contributed by atoms with Crippen molar-refractivity contribution in [2.75, 3.05) is 20.6 Å². The highest BCUT2D eigenvalue weighted by molar-refractivity contribution is 5.85. The van der Waals surface area contributed by atoms with Crippen LogP contribution in [-0.4, -0.2) is 37.5 Å². The van der Waals surface area contributed by atoms with Gasteiger partial charge in [-0.1, -0.05) is 30.7 Å². The van der Waals surface area contributed by atoms with Gasteiger partial charge in [-0.3, -0.25) is 4.79 Å². The van der Waals surface area contributed by atoms with Crippen molar-refractivity contribution in [3.05, 3.63) is 35.4 Å². The van der Waals surface area contributed by atoms with Crippen LogP contribution < -0.4 is 10.6 Å². The molecule has 1 saturated heterocycles. The molecule has 0 spiro atoms. The number of carbonyl (C=O) groups excluding carboxylic acids is 1. The van der Waals surface area contributed by atoms with Gasteiger partial charge < -0.3 is 15.5 Å². The smallest absolute Gasteiger partial charge is 0.237 e. The summed E-state index contributed by atoms with van der Waals surface area (Å²) in [6.45, 7) is 2.49. The van der Waals surface area contributed by atoms with Gasteiger partial charge in [-0.05, 0) is 44.6 Å². The number of nitrogens with zero attached hydrogens (tertiary/aromatic N) is 1.